The van der Waals surface area contributed by atoms with E-state index in [0.717, 1.165) is 36.3 Å². The molecule has 0 atom stereocenters. The molecule has 0 fully saturated rings. The highest BCUT2D eigenvalue weighted by molar-refractivity contribution is 5.91. The number of aryl methyl sites for hydroxylation is 2. The molecule has 0 aliphatic carbocycles. The molecule has 3 rings (SSSR count). The third-order valence-electron chi connectivity index (χ3n) is 3.76. The monoisotopic (exact) mass is 268 g/mol. The number of anilines is 1. The summed E-state index contributed by atoms with van der Waals surface area (Å²) in [6, 6.07) is 10.3. The summed E-state index contributed by atoms with van der Waals surface area (Å²) in [6.45, 7) is 5.99. The second-order valence-electron chi connectivity index (χ2n) is 5.02. The Morgan fingerprint density at radius 2 is 2.05 bits per heavy atom. The smallest absolute Gasteiger partial charge is 0.0645 e. The van der Waals surface area contributed by atoms with Crippen molar-refractivity contribution in [2.24, 2.45) is 0 Å². The summed E-state index contributed by atoms with van der Waals surface area (Å²) in [5.41, 5.74) is 10.4. The lowest BCUT2D eigenvalue weighted by Crippen LogP contribution is -2.07. The minimum Gasteiger partial charge on any atom is -0.398 e. The van der Waals surface area contributed by atoms with E-state index in [9.17, 15) is 0 Å². The van der Waals surface area contributed by atoms with Crippen LogP contribution in [0.3, 0.4) is 0 Å². The molecule has 0 unspecified atom stereocenters. The van der Waals surface area contributed by atoms with Gasteiger partial charge >= 0.3 is 0 Å². The van der Waals surface area contributed by atoms with Crippen molar-refractivity contribution in [3.8, 4) is 0 Å². The van der Waals surface area contributed by atoms with E-state index in [-0.39, 0.29) is 0 Å². The molecule has 1 aromatic carbocycles. The van der Waals surface area contributed by atoms with Crippen LogP contribution in [0, 0.1) is 0 Å². The van der Waals surface area contributed by atoms with Crippen molar-refractivity contribution in [2.45, 2.75) is 33.4 Å². The number of benzene rings is 1. The Bertz CT molecular complexity index is 736. The Balaban J connectivity index is 2.01. The lowest BCUT2D eigenvalue weighted by Gasteiger charge is -2.08. The van der Waals surface area contributed by atoms with E-state index in [4.69, 9.17) is 5.73 Å². The van der Waals surface area contributed by atoms with E-state index < -0.39 is 0 Å². The molecule has 4 nitrogen and oxygen atoms in total. The zero-order valence-electron chi connectivity index (χ0n) is 12.0. The third-order valence-corrected chi connectivity index (χ3v) is 3.76. The Morgan fingerprint density at radius 1 is 1.20 bits per heavy atom. The van der Waals surface area contributed by atoms with Crippen LogP contribution in [-0.4, -0.2) is 14.3 Å². The average Bonchev–Trinajstić information content (AvgIpc) is 3.04. The zero-order chi connectivity index (χ0) is 14.1. The van der Waals surface area contributed by atoms with E-state index in [1.54, 1.807) is 0 Å². The topological polar surface area (TPSA) is 48.8 Å². The summed E-state index contributed by atoms with van der Waals surface area (Å²) in [6.07, 6.45) is 3.07. The molecule has 0 saturated heterocycles. The average molecular weight is 268 g/mol. The van der Waals surface area contributed by atoms with Gasteiger partial charge in [0.15, 0.2) is 0 Å². The summed E-state index contributed by atoms with van der Waals surface area (Å²) in [5.74, 6) is 0. The van der Waals surface area contributed by atoms with Crippen LogP contribution in [-0.2, 0) is 19.5 Å². The van der Waals surface area contributed by atoms with Gasteiger partial charge in [-0.25, -0.2) is 0 Å². The van der Waals surface area contributed by atoms with Crippen molar-refractivity contribution >= 4 is 16.6 Å². The van der Waals surface area contributed by atoms with Gasteiger partial charge in [0, 0.05) is 23.8 Å². The van der Waals surface area contributed by atoms with E-state index in [1.807, 2.05) is 12.1 Å². The summed E-state index contributed by atoms with van der Waals surface area (Å²) in [5, 5.41) is 5.72. The van der Waals surface area contributed by atoms with Crippen LogP contribution in [0.5, 0.6) is 0 Å². The maximum atomic E-state index is 6.01. The van der Waals surface area contributed by atoms with Crippen molar-refractivity contribution in [1.82, 2.24) is 14.3 Å². The minimum atomic E-state index is 0.827. The molecule has 104 valence electrons. The summed E-state index contributed by atoms with van der Waals surface area (Å²) >= 11 is 0. The van der Waals surface area contributed by atoms with Gasteiger partial charge in [0.1, 0.15) is 0 Å². The summed E-state index contributed by atoms with van der Waals surface area (Å²) < 4.78 is 4.31. The van der Waals surface area contributed by atoms with Crippen molar-refractivity contribution in [3.63, 3.8) is 0 Å². The van der Waals surface area contributed by atoms with E-state index >= 15 is 0 Å². The van der Waals surface area contributed by atoms with Gasteiger partial charge in [-0.1, -0.05) is 13.0 Å². The molecule has 0 saturated carbocycles. The molecule has 0 radical (unpaired) electrons. The van der Waals surface area contributed by atoms with E-state index in [1.165, 1.54) is 11.2 Å². The SMILES string of the molecule is CCc1cc(Cn2ccc3c(N)cccc32)n(CC)n1. The second kappa shape index (κ2) is 5.04. The number of nitrogens with two attached hydrogens (primary N) is 1. The fourth-order valence-corrected chi connectivity index (χ4v) is 2.65. The molecule has 0 bridgehead atoms. The first-order chi connectivity index (χ1) is 9.72. The second-order valence-corrected chi connectivity index (χ2v) is 5.02. The van der Waals surface area contributed by atoms with Crippen LogP contribution in [0.2, 0.25) is 0 Å². The lowest BCUT2D eigenvalue weighted by atomic mass is 10.2. The first-order valence-electron chi connectivity index (χ1n) is 7.11. The molecule has 0 amide bonds. The van der Waals surface area contributed by atoms with Crippen molar-refractivity contribution < 1.29 is 0 Å². The van der Waals surface area contributed by atoms with Gasteiger partial charge in [0.2, 0.25) is 0 Å². The van der Waals surface area contributed by atoms with Gasteiger partial charge in [0.25, 0.3) is 0 Å². The van der Waals surface area contributed by atoms with E-state index in [0.29, 0.717) is 0 Å². The standard InChI is InChI=1S/C16H20N4/c1-3-12-10-13(20(4-2)18-12)11-19-9-8-14-15(17)6-5-7-16(14)19/h5-10H,3-4,11,17H2,1-2H3. The first-order valence-corrected chi connectivity index (χ1v) is 7.11. The van der Waals surface area contributed by atoms with Gasteiger partial charge in [-0.2, -0.15) is 5.10 Å². The Morgan fingerprint density at radius 3 is 2.80 bits per heavy atom. The number of hydrogen-bond donors (Lipinski definition) is 1. The highest BCUT2D eigenvalue weighted by Crippen LogP contribution is 2.23. The molecule has 4 heteroatoms. The summed E-state index contributed by atoms with van der Waals surface area (Å²) in [7, 11) is 0. The quantitative estimate of drug-likeness (QED) is 0.739. The highest BCUT2D eigenvalue weighted by Gasteiger charge is 2.09. The molecule has 2 heterocycles. The number of nitrogens with zero attached hydrogens (tertiary/aromatic N) is 3. The predicted molar refractivity (Wildman–Crippen MR) is 82.7 cm³/mol. The van der Waals surface area contributed by atoms with E-state index in [2.05, 4.69) is 52.6 Å². The van der Waals surface area contributed by atoms with Crippen LogP contribution in [0.1, 0.15) is 25.2 Å². The zero-order valence-corrected chi connectivity index (χ0v) is 12.0. The molecule has 0 spiro atoms. The van der Waals surface area contributed by atoms with Gasteiger partial charge in [-0.3, -0.25) is 4.68 Å². The molecule has 0 aliphatic rings. The lowest BCUT2D eigenvalue weighted by molar-refractivity contribution is 0.599. The fourth-order valence-electron chi connectivity index (χ4n) is 2.65. The van der Waals surface area contributed by atoms with Gasteiger partial charge in [-0.15, -0.1) is 0 Å². The van der Waals surface area contributed by atoms with Crippen molar-refractivity contribution in [1.29, 1.82) is 0 Å². The van der Waals surface area contributed by atoms with Gasteiger partial charge < -0.3 is 10.3 Å². The van der Waals surface area contributed by atoms with Crippen LogP contribution in [0.25, 0.3) is 10.9 Å². The first kappa shape index (κ1) is 12.8. The van der Waals surface area contributed by atoms with Crippen LogP contribution < -0.4 is 5.73 Å². The Labute approximate surface area is 118 Å². The molecular formula is C16H20N4. The molecule has 0 aliphatic heterocycles. The molecule has 20 heavy (non-hydrogen) atoms. The predicted octanol–water partition coefficient (Wildman–Crippen LogP) is 3.05. The van der Waals surface area contributed by atoms with Gasteiger partial charge in [0.05, 0.1) is 23.4 Å². The number of fused-ring (bicyclic) bond motifs is 1. The van der Waals surface area contributed by atoms with Crippen LogP contribution in [0.15, 0.2) is 36.5 Å². The number of rotatable bonds is 4. The van der Waals surface area contributed by atoms with Gasteiger partial charge in [-0.05, 0) is 37.6 Å². The van der Waals surface area contributed by atoms with Crippen molar-refractivity contribution in [2.75, 3.05) is 5.73 Å². The highest BCUT2D eigenvalue weighted by atomic mass is 15.3. The molecular weight excluding hydrogens is 248 g/mol. The molecule has 3 aromatic rings. The maximum Gasteiger partial charge on any atom is 0.0645 e. The van der Waals surface area contributed by atoms with Crippen LogP contribution in [0.4, 0.5) is 5.69 Å². The third kappa shape index (κ3) is 2.07. The fraction of sp³-hybridized carbons (Fsp3) is 0.312. The minimum absolute atomic E-state index is 0.827. The number of hydrogen-bond acceptors (Lipinski definition) is 2. The summed E-state index contributed by atoms with van der Waals surface area (Å²) in [4.78, 5) is 0. The largest absolute Gasteiger partial charge is 0.398 e. The number of nitrogen functional groups attached to an aromatic ring is 1. The molecule has 2 aromatic heterocycles. The maximum absolute atomic E-state index is 6.01. The Kier molecular flexibility index (Phi) is 3.22. The Hall–Kier alpha value is -2.23. The number of aromatic nitrogens is 3. The van der Waals surface area contributed by atoms with Crippen molar-refractivity contribution in [3.05, 3.63) is 47.9 Å². The van der Waals surface area contributed by atoms with Crippen LogP contribution >= 0.6 is 0 Å². The normalized spacial score (nSPS) is 11.3. The molecule has 2 N–H and O–H groups in total.